The first-order valence-electron chi connectivity index (χ1n) is 5.35. The van der Waals surface area contributed by atoms with Crippen molar-refractivity contribution in [1.29, 1.82) is 0 Å². The normalized spacial score (nSPS) is 24.0. The van der Waals surface area contributed by atoms with Crippen LogP contribution in [0.1, 0.15) is 25.3 Å². The van der Waals surface area contributed by atoms with E-state index in [1.54, 1.807) is 6.20 Å². The molecule has 4 nitrogen and oxygen atoms in total. The third-order valence-corrected chi connectivity index (χ3v) is 3.35. The lowest BCUT2D eigenvalue weighted by Gasteiger charge is -2.16. The van der Waals surface area contributed by atoms with E-state index < -0.39 is 0 Å². The van der Waals surface area contributed by atoms with Crippen molar-refractivity contribution in [2.24, 2.45) is 0 Å². The molecule has 2 heterocycles. The van der Waals surface area contributed by atoms with Crippen LogP contribution in [-0.4, -0.2) is 34.8 Å². The Balaban J connectivity index is 2.13. The van der Waals surface area contributed by atoms with E-state index in [1.807, 2.05) is 4.68 Å². The second-order valence-electron chi connectivity index (χ2n) is 4.21. The first-order chi connectivity index (χ1) is 7.18. The van der Waals surface area contributed by atoms with E-state index in [1.165, 1.54) is 6.42 Å². The molecular formula is C10H17ClN4. The number of nitrogens with zero attached hydrogens (tertiary/aromatic N) is 3. The average molecular weight is 229 g/mol. The molecule has 1 fully saturated rings. The van der Waals surface area contributed by atoms with Gasteiger partial charge in [-0.3, -0.25) is 0 Å². The molecule has 84 valence electrons. The first kappa shape index (κ1) is 10.8. The molecule has 1 aliphatic rings. The van der Waals surface area contributed by atoms with Gasteiger partial charge in [-0.2, -0.15) is 5.10 Å². The van der Waals surface area contributed by atoms with Crippen molar-refractivity contribution >= 4 is 17.4 Å². The molecule has 0 spiro atoms. The van der Waals surface area contributed by atoms with Crippen LogP contribution in [0, 0.1) is 0 Å². The highest BCUT2D eigenvalue weighted by molar-refractivity contribution is 6.32. The van der Waals surface area contributed by atoms with Crippen LogP contribution in [0.5, 0.6) is 0 Å². The summed E-state index contributed by atoms with van der Waals surface area (Å²) in [5.41, 5.74) is 5.87. The van der Waals surface area contributed by atoms with Crippen LogP contribution in [0.2, 0.25) is 5.02 Å². The maximum Gasteiger partial charge on any atom is 0.140 e. The SMILES string of the molecule is CN1CCCC(n2ncc(Cl)c2N)CC1. The molecule has 0 amide bonds. The second-order valence-corrected chi connectivity index (χ2v) is 4.62. The van der Waals surface area contributed by atoms with Gasteiger partial charge in [-0.1, -0.05) is 11.6 Å². The first-order valence-corrected chi connectivity index (χ1v) is 5.73. The molecule has 1 unspecified atom stereocenters. The molecule has 1 saturated heterocycles. The van der Waals surface area contributed by atoms with Crippen molar-refractivity contribution in [2.75, 3.05) is 25.9 Å². The molecule has 15 heavy (non-hydrogen) atoms. The highest BCUT2D eigenvalue weighted by Crippen LogP contribution is 2.27. The molecule has 2 N–H and O–H groups in total. The molecule has 1 aliphatic heterocycles. The van der Waals surface area contributed by atoms with Gasteiger partial charge in [0.1, 0.15) is 10.8 Å². The second kappa shape index (κ2) is 4.41. The van der Waals surface area contributed by atoms with E-state index >= 15 is 0 Å². The van der Waals surface area contributed by atoms with Gasteiger partial charge in [-0.15, -0.1) is 0 Å². The van der Waals surface area contributed by atoms with Crippen LogP contribution < -0.4 is 5.73 Å². The summed E-state index contributed by atoms with van der Waals surface area (Å²) < 4.78 is 1.88. The average Bonchev–Trinajstić information content (AvgIpc) is 2.43. The van der Waals surface area contributed by atoms with Crippen molar-refractivity contribution in [3.63, 3.8) is 0 Å². The molecule has 0 radical (unpaired) electrons. The fraction of sp³-hybridized carbons (Fsp3) is 0.700. The highest BCUT2D eigenvalue weighted by Gasteiger charge is 2.19. The Kier molecular flexibility index (Phi) is 3.17. The van der Waals surface area contributed by atoms with Gasteiger partial charge in [0, 0.05) is 0 Å². The molecule has 0 aromatic carbocycles. The molecule has 1 aromatic rings. The minimum atomic E-state index is 0.405. The Bertz CT molecular complexity index is 336. The van der Waals surface area contributed by atoms with Crippen LogP contribution in [0.15, 0.2) is 6.20 Å². The zero-order valence-electron chi connectivity index (χ0n) is 8.99. The largest absolute Gasteiger partial charge is 0.383 e. The molecule has 2 rings (SSSR count). The lowest BCUT2D eigenvalue weighted by Crippen LogP contribution is -2.20. The fourth-order valence-electron chi connectivity index (χ4n) is 2.11. The Morgan fingerprint density at radius 3 is 2.93 bits per heavy atom. The summed E-state index contributed by atoms with van der Waals surface area (Å²) >= 11 is 5.90. The van der Waals surface area contributed by atoms with Gasteiger partial charge in [0.2, 0.25) is 0 Å². The number of rotatable bonds is 1. The van der Waals surface area contributed by atoms with Crippen LogP contribution in [0.4, 0.5) is 5.82 Å². The summed E-state index contributed by atoms with van der Waals surface area (Å²) in [5.74, 6) is 0.603. The Morgan fingerprint density at radius 1 is 1.47 bits per heavy atom. The van der Waals surface area contributed by atoms with E-state index in [4.69, 9.17) is 17.3 Å². The molecule has 1 atom stereocenters. The fourth-order valence-corrected chi connectivity index (χ4v) is 2.24. The predicted octanol–water partition coefficient (Wildman–Crippen LogP) is 1.78. The number of halogens is 1. The van der Waals surface area contributed by atoms with E-state index in [9.17, 15) is 0 Å². The van der Waals surface area contributed by atoms with Gasteiger partial charge in [-0.05, 0) is 39.4 Å². The Labute approximate surface area is 95.0 Å². The molecular weight excluding hydrogens is 212 g/mol. The van der Waals surface area contributed by atoms with Gasteiger partial charge in [0.15, 0.2) is 0 Å². The van der Waals surface area contributed by atoms with Crippen LogP contribution in [-0.2, 0) is 0 Å². The van der Waals surface area contributed by atoms with E-state index in [-0.39, 0.29) is 0 Å². The van der Waals surface area contributed by atoms with Gasteiger partial charge in [0.05, 0.1) is 12.2 Å². The van der Waals surface area contributed by atoms with Crippen molar-refractivity contribution in [1.82, 2.24) is 14.7 Å². The summed E-state index contributed by atoms with van der Waals surface area (Å²) in [7, 11) is 2.15. The minimum absolute atomic E-state index is 0.405. The van der Waals surface area contributed by atoms with Gasteiger partial charge < -0.3 is 10.6 Å². The molecule has 1 aromatic heterocycles. The quantitative estimate of drug-likeness (QED) is 0.797. The van der Waals surface area contributed by atoms with Gasteiger partial charge >= 0.3 is 0 Å². The maximum absolute atomic E-state index is 5.90. The molecule has 0 aliphatic carbocycles. The Hall–Kier alpha value is -0.740. The standard InChI is InChI=1S/C10H17ClN4/c1-14-5-2-3-8(4-6-14)15-10(12)9(11)7-13-15/h7-8H,2-6,12H2,1H3. The zero-order chi connectivity index (χ0) is 10.8. The van der Waals surface area contributed by atoms with Crippen molar-refractivity contribution < 1.29 is 0 Å². The summed E-state index contributed by atoms with van der Waals surface area (Å²) in [6, 6.07) is 0.405. The minimum Gasteiger partial charge on any atom is -0.383 e. The van der Waals surface area contributed by atoms with Crippen LogP contribution >= 0.6 is 11.6 Å². The van der Waals surface area contributed by atoms with Gasteiger partial charge in [0.25, 0.3) is 0 Å². The zero-order valence-corrected chi connectivity index (χ0v) is 9.74. The third-order valence-electron chi connectivity index (χ3n) is 3.05. The van der Waals surface area contributed by atoms with E-state index in [0.29, 0.717) is 16.9 Å². The summed E-state index contributed by atoms with van der Waals surface area (Å²) in [5, 5.41) is 4.81. The number of hydrogen-bond donors (Lipinski definition) is 1. The van der Waals surface area contributed by atoms with Crippen molar-refractivity contribution in [3.8, 4) is 0 Å². The van der Waals surface area contributed by atoms with Crippen LogP contribution in [0.3, 0.4) is 0 Å². The van der Waals surface area contributed by atoms with E-state index in [0.717, 1.165) is 25.9 Å². The summed E-state index contributed by atoms with van der Waals surface area (Å²) in [6.45, 7) is 2.26. The lowest BCUT2D eigenvalue weighted by atomic mass is 10.1. The summed E-state index contributed by atoms with van der Waals surface area (Å²) in [4.78, 5) is 2.35. The molecule has 0 bridgehead atoms. The van der Waals surface area contributed by atoms with Gasteiger partial charge in [-0.25, -0.2) is 4.68 Å². The van der Waals surface area contributed by atoms with Crippen molar-refractivity contribution in [2.45, 2.75) is 25.3 Å². The number of aromatic nitrogens is 2. The molecule has 5 heteroatoms. The third kappa shape index (κ3) is 2.26. The highest BCUT2D eigenvalue weighted by atomic mass is 35.5. The predicted molar refractivity (Wildman–Crippen MR) is 62.0 cm³/mol. The topological polar surface area (TPSA) is 47.1 Å². The smallest absolute Gasteiger partial charge is 0.140 e. The Morgan fingerprint density at radius 2 is 2.27 bits per heavy atom. The molecule has 0 saturated carbocycles. The number of hydrogen-bond acceptors (Lipinski definition) is 3. The van der Waals surface area contributed by atoms with E-state index in [2.05, 4.69) is 17.0 Å². The number of nitrogens with two attached hydrogens (primary N) is 1. The number of likely N-dealkylation sites (tertiary alicyclic amines) is 1. The van der Waals surface area contributed by atoms with Crippen LogP contribution in [0.25, 0.3) is 0 Å². The lowest BCUT2D eigenvalue weighted by molar-refractivity contribution is 0.337. The monoisotopic (exact) mass is 228 g/mol. The maximum atomic E-state index is 5.90. The number of nitrogen functional groups attached to an aromatic ring is 1. The summed E-state index contributed by atoms with van der Waals surface area (Å²) in [6.07, 6.45) is 5.05. The van der Waals surface area contributed by atoms with Crippen molar-refractivity contribution in [3.05, 3.63) is 11.2 Å². The number of anilines is 1.